The molecule has 4 heteroatoms. The Hall–Kier alpha value is -2.10. The van der Waals surface area contributed by atoms with E-state index in [2.05, 4.69) is 44.9 Å². The van der Waals surface area contributed by atoms with Gasteiger partial charge in [-0.2, -0.15) is 0 Å². The zero-order valence-corrected chi connectivity index (χ0v) is 16.7. The molecule has 2 N–H and O–H groups in total. The summed E-state index contributed by atoms with van der Waals surface area (Å²) in [5.74, 6) is 3.96. The largest absolute Gasteiger partial charge is 0.370 e. The molecule has 28 heavy (non-hydrogen) atoms. The van der Waals surface area contributed by atoms with Gasteiger partial charge in [0.25, 0.3) is 0 Å². The second-order valence-electron chi connectivity index (χ2n) is 9.74. The first-order valence-electron chi connectivity index (χ1n) is 11.0. The average molecular weight is 377 g/mol. The van der Waals surface area contributed by atoms with E-state index >= 15 is 0 Å². The Balaban J connectivity index is 1.21. The van der Waals surface area contributed by atoms with E-state index in [-0.39, 0.29) is 0 Å². The van der Waals surface area contributed by atoms with Gasteiger partial charge in [0.1, 0.15) is 11.6 Å². The van der Waals surface area contributed by atoms with Gasteiger partial charge >= 0.3 is 0 Å². The van der Waals surface area contributed by atoms with Gasteiger partial charge in [0.15, 0.2) is 0 Å². The van der Waals surface area contributed by atoms with Gasteiger partial charge in [-0.3, -0.25) is 0 Å². The molecule has 4 bridgehead atoms. The van der Waals surface area contributed by atoms with Crippen molar-refractivity contribution in [2.24, 2.45) is 22.7 Å². The third-order valence-corrected chi connectivity index (χ3v) is 7.56. The summed E-state index contributed by atoms with van der Waals surface area (Å²) in [5, 5.41) is 7.13. The number of pyridine rings is 2. The predicted molar refractivity (Wildman–Crippen MR) is 114 cm³/mol. The molecule has 4 aliphatic rings. The molecule has 0 radical (unpaired) electrons. The standard InChI is InChI=1S/C24H32N4/c1-3-9-25-21(5-1)27-11-7-23-14-19-13-20(15-23)17-24(16-19,18-23)8-12-28-22-6-2-4-10-26-22/h1-6,9-10,19-20H,7-8,11-18H2,(H,25,27)(H,26,28). The predicted octanol–water partition coefficient (Wildman–Crippen LogP) is 5.37. The number of nitrogens with one attached hydrogen (secondary N) is 2. The molecule has 0 atom stereocenters. The number of anilines is 2. The molecule has 0 aliphatic heterocycles. The fourth-order valence-electron chi connectivity index (χ4n) is 7.08. The van der Waals surface area contributed by atoms with Crippen molar-refractivity contribution < 1.29 is 0 Å². The summed E-state index contributed by atoms with van der Waals surface area (Å²) in [6.07, 6.45) is 15.1. The van der Waals surface area contributed by atoms with Crippen molar-refractivity contribution in [3.63, 3.8) is 0 Å². The van der Waals surface area contributed by atoms with Gasteiger partial charge in [0.2, 0.25) is 0 Å². The van der Waals surface area contributed by atoms with Crippen molar-refractivity contribution in [2.45, 2.75) is 51.4 Å². The highest BCUT2D eigenvalue weighted by Crippen LogP contribution is 2.67. The van der Waals surface area contributed by atoms with E-state index in [1.165, 1.54) is 51.4 Å². The molecule has 2 aromatic rings. The third kappa shape index (κ3) is 3.74. The zero-order chi connectivity index (χ0) is 18.9. The molecule has 4 aliphatic carbocycles. The quantitative estimate of drug-likeness (QED) is 0.650. The zero-order valence-electron chi connectivity index (χ0n) is 16.7. The normalized spacial score (nSPS) is 33.0. The van der Waals surface area contributed by atoms with Crippen LogP contribution < -0.4 is 10.6 Å². The molecule has 6 rings (SSSR count). The van der Waals surface area contributed by atoms with Crippen LogP contribution in [0.3, 0.4) is 0 Å². The Labute approximate surface area is 168 Å². The van der Waals surface area contributed by atoms with Crippen LogP contribution in [0.25, 0.3) is 0 Å². The summed E-state index contributed by atoms with van der Waals surface area (Å²) in [4.78, 5) is 8.84. The molecule has 4 saturated carbocycles. The van der Waals surface area contributed by atoms with Gasteiger partial charge in [0.05, 0.1) is 0 Å². The summed E-state index contributed by atoms with van der Waals surface area (Å²) in [6.45, 7) is 2.11. The first-order valence-corrected chi connectivity index (χ1v) is 11.0. The summed E-state index contributed by atoms with van der Waals surface area (Å²) in [6, 6.07) is 12.2. The van der Waals surface area contributed by atoms with E-state index in [0.29, 0.717) is 10.8 Å². The van der Waals surface area contributed by atoms with Crippen molar-refractivity contribution in [3.05, 3.63) is 48.8 Å². The molecule has 0 amide bonds. The molecule has 148 valence electrons. The van der Waals surface area contributed by atoms with Crippen LogP contribution in [0.5, 0.6) is 0 Å². The maximum absolute atomic E-state index is 4.42. The fourth-order valence-corrected chi connectivity index (χ4v) is 7.08. The highest BCUT2D eigenvalue weighted by atomic mass is 15.0. The Kier molecular flexibility index (Phi) is 4.73. The highest BCUT2D eigenvalue weighted by Gasteiger charge is 2.56. The van der Waals surface area contributed by atoms with Crippen LogP contribution in [0.4, 0.5) is 11.6 Å². The molecule has 2 heterocycles. The van der Waals surface area contributed by atoms with Crippen molar-refractivity contribution in [3.8, 4) is 0 Å². The van der Waals surface area contributed by atoms with E-state index in [4.69, 9.17) is 0 Å². The SMILES string of the molecule is c1ccc(NCCC23CC4CC(C2)CC(CCNc2ccccn2)(C4)C3)nc1. The topological polar surface area (TPSA) is 49.8 Å². The summed E-state index contributed by atoms with van der Waals surface area (Å²) in [7, 11) is 0. The van der Waals surface area contributed by atoms with Crippen LogP contribution in [0.15, 0.2) is 48.8 Å². The average Bonchev–Trinajstić information content (AvgIpc) is 2.68. The first-order chi connectivity index (χ1) is 13.7. The van der Waals surface area contributed by atoms with Gasteiger partial charge in [-0.1, -0.05) is 12.1 Å². The Morgan fingerprint density at radius 1 is 0.750 bits per heavy atom. The van der Waals surface area contributed by atoms with Crippen molar-refractivity contribution in [1.82, 2.24) is 9.97 Å². The molecule has 0 unspecified atom stereocenters. The van der Waals surface area contributed by atoms with Gasteiger partial charge in [-0.25, -0.2) is 9.97 Å². The maximum Gasteiger partial charge on any atom is 0.125 e. The Morgan fingerprint density at radius 2 is 1.25 bits per heavy atom. The molecule has 0 aromatic carbocycles. The van der Waals surface area contributed by atoms with Gasteiger partial charge in [-0.15, -0.1) is 0 Å². The van der Waals surface area contributed by atoms with Crippen LogP contribution >= 0.6 is 0 Å². The highest BCUT2D eigenvalue weighted by molar-refractivity contribution is 5.33. The number of aromatic nitrogens is 2. The Morgan fingerprint density at radius 3 is 1.68 bits per heavy atom. The smallest absolute Gasteiger partial charge is 0.125 e. The van der Waals surface area contributed by atoms with E-state index in [9.17, 15) is 0 Å². The van der Waals surface area contributed by atoms with Crippen LogP contribution in [-0.2, 0) is 0 Å². The minimum absolute atomic E-state index is 0.566. The number of hydrogen-bond acceptors (Lipinski definition) is 4. The van der Waals surface area contributed by atoms with Gasteiger partial charge < -0.3 is 10.6 Å². The molecule has 4 nitrogen and oxygen atoms in total. The minimum atomic E-state index is 0.566. The molecular formula is C24H32N4. The van der Waals surface area contributed by atoms with E-state index in [1.54, 1.807) is 0 Å². The first kappa shape index (κ1) is 18.0. The fraction of sp³-hybridized carbons (Fsp3) is 0.583. The van der Waals surface area contributed by atoms with E-state index in [0.717, 1.165) is 36.6 Å². The van der Waals surface area contributed by atoms with E-state index in [1.807, 2.05) is 24.5 Å². The second kappa shape index (κ2) is 7.38. The van der Waals surface area contributed by atoms with Crippen LogP contribution in [-0.4, -0.2) is 23.1 Å². The second-order valence-corrected chi connectivity index (χ2v) is 9.74. The summed E-state index contributed by atoms with van der Waals surface area (Å²) >= 11 is 0. The lowest BCUT2D eigenvalue weighted by molar-refractivity contribution is -0.114. The number of rotatable bonds is 8. The monoisotopic (exact) mass is 376 g/mol. The van der Waals surface area contributed by atoms with Crippen LogP contribution in [0.1, 0.15) is 51.4 Å². The number of hydrogen-bond donors (Lipinski definition) is 2. The summed E-state index contributed by atoms with van der Waals surface area (Å²) in [5.41, 5.74) is 1.13. The lowest BCUT2D eigenvalue weighted by Crippen LogP contribution is -2.52. The minimum Gasteiger partial charge on any atom is -0.370 e. The van der Waals surface area contributed by atoms with Crippen molar-refractivity contribution in [1.29, 1.82) is 0 Å². The molecule has 0 spiro atoms. The van der Waals surface area contributed by atoms with Crippen molar-refractivity contribution >= 4 is 11.6 Å². The molecular weight excluding hydrogens is 344 g/mol. The molecule has 0 saturated heterocycles. The van der Waals surface area contributed by atoms with Gasteiger partial charge in [0, 0.05) is 25.5 Å². The van der Waals surface area contributed by atoms with Crippen LogP contribution in [0, 0.1) is 22.7 Å². The lowest BCUT2D eigenvalue weighted by atomic mass is 9.43. The van der Waals surface area contributed by atoms with E-state index < -0.39 is 0 Å². The van der Waals surface area contributed by atoms with Crippen LogP contribution in [0.2, 0.25) is 0 Å². The maximum atomic E-state index is 4.42. The summed E-state index contributed by atoms with van der Waals surface area (Å²) < 4.78 is 0. The Bertz CT molecular complexity index is 698. The molecule has 2 aromatic heterocycles. The lowest BCUT2D eigenvalue weighted by Gasteiger charge is -2.62. The van der Waals surface area contributed by atoms with Gasteiger partial charge in [-0.05, 0) is 98.3 Å². The van der Waals surface area contributed by atoms with Crippen molar-refractivity contribution in [2.75, 3.05) is 23.7 Å². The molecule has 4 fully saturated rings. The third-order valence-electron chi connectivity index (χ3n) is 7.56. The number of nitrogens with zero attached hydrogens (tertiary/aromatic N) is 2.